The lowest BCUT2D eigenvalue weighted by atomic mass is 9.97. The van der Waals surface area contributed by atoms with Gasteiger partial charge in [-0.05, 0) is 54.8 Å². The van der Waals surface area contributed by atoms with Crippen molar-refractivity contribution in [1.82, 2.24) is 8.61 Å². The van der Waals surface area contributed by atoms with Gasteiger partial charge in [0, 0.05) is 37.8 Å². The summed E-state index contributed by atoms with van der Waals surface area (Å²) < 4.78 is 53.6. The average molecular weight is 563 g/mol. The van der Waals surface area contributed by atoms with Crippen LogP contribution >= 0.6 is 23.2 Å². The molecule has 0 aliphatic carbocycles. The first-order valence-electron chi connectivity index (χ1n) is 11.3. The Balaban J connectivity index is 1.57. The molecule has 0 saturated carbocycles. The van der Waals surface area contributed by atoms with Crippen LogP contribution in [0, 0.1) is 5.92 Å². The molecule has 35 heavy (non-hydrogen) atoms. The van der Waals surface area contributed by atoms with Crippen LogP contribution < -0.4 is 5.32 Å². The van der Waals surface area contributed by atoms with Crippen molar-refractivity contribution < 1.29 is 21.6 Å². The van der Waals surface area contributed by atoms with Crippen molar-refractivity contribution in [2.24, 2.45) is 5.92 Å². The van der Waals surface area contributed by atoms with E-state index in [2.05, 4.69) is 5.32 Å². The predicted octanol–water partition coefficient (Wildman–Crippen LogP) is 4.20. The smallest absolute Gasteiger partial charge is 0.243 e. The summed E-state index contributed by atoms with van der Waals surface area (Å²) in [6.07, 6.45) is 0.779. The number of sulfonamides is 2. The first-order valence-corrected chi connectivity index (χ1v) is 15.1. The van der Waals surface area contributed by atoms with Crippen LogP contribution in [0.2, 0.25) is 10.0 Å². The fraction of sp³-hybridized carbons (Fsp3) is 0.435. The number of halogens is 2. The van der Waals surface area contributed by atoms with E-state index >= 15 is 0 Å². The fourth-order valence-electron chi connectivity index (χ4n) is 3.99. The number of anilines is 1. The Kier molecular flexibility index (Phi) is 9.22. The van der Waals surface area contributed by atoms with Crippen molar-refractivity contribution in [1.29, 1.82) is 0 Å². The van der Waals surface area contributed by atoms with Gasteiger partial charge in [0.2, 0.25) is 26.0 Å². The number of piperidine rings is 1. The minimum Gasteiger partial charge on any atom is -0.326 e. The molecule has 2 aromatic carbocycles. The van der Waals surface area contributed by atoms with E-state index in [4.69, 9.17) is 23.2 Å². The van der Waals surface area contributed by atoms with Crippen LogP contribution in [0.5, 0.6) is 0 Å². The number of nitrogens with one attached hydrogen (secondary N) is 1. The van der Waals surface area contributed by atoms with Crippen molar-refractivity contribution in [3.63, 3.8) is 0 Å². The molecule has 1 aliphatic heterocycles. The molecule has 2 aromatic rings. The maximum Gasteiger partial charge on any atom is 0.243 e. The highest BCUT2D eigenvalue weighted by atomic mass is 35.5. The fourth-order valence-corrected chi connectivity index (χ4v) is 7.32. The third kappa shape index (κ3) is 6.75. The van der Waals surface area contributed by atoms with E-state index in [1.807, 2.05) is 0 Å². The molecule has 0 bridgehead atoms. The Labute approximate surface area is 217 Å². The molecule has 0 atom stereocenters. The number of benzene rings is 2. The van der Waals surface area contributed by atoms with Gasteiger partial charge in [0.05, 0.1) is 20.7 Å². The van der Waals surface area contributed by atoms with Crippen LogP contribution in [0.1, 0.15) is 32.3 Å². The quantitative estimate of drug-likeness (QED) is 0.494. The van der Waals surface area contributed by atoms with Gasteiger partial charge in [0.1, 0.15) is 0 Å². The molecule has 0 spiro atoms. The Bertz CT molecular complexity index is 1260. The number of nitrogens with zero attached hydrogens (tertiary/aromatic N) is 2. The Hall–Kier alpha value is -1.69. The molecule has 1 heterocycles. The summed E-state index contributed by atoms with van der Waals surface area (Å²) in [7, 11) is -7.14. The molecule has 0 unspecified atom stereocenters. The van der Waals surface area contributed by atoms with Crippen molar-refractivity contribution in [2.45, 2.75) is 37.3 Å². The Morgan fingerprint density at radius 3 is 2.11 bits per heavy atom. The van der Waals surface area contributed by atoms with Gasteiger partial charge in [-0.15, -0.1) is 0 Å². The first-order chi connectivity index (χ1) is 16.5. The van der Waals surface area contributed by atoms with Crippen molar-refractivity contribution in [3.05, 3.63) is 58.1 Å². The van der Waals surface area contributed by atoms with Gasteiger partial charge in [-0.1, -0.05) is 43.1 Å². The molecule has 0 aromatic heterocycles. The van der Waals surface area contributed by atoms with Crippen LogP contribution in [-0.4, -0.2) is 57.5 Å². The van der Waals surface area contributed by atoms with E-state index in [1.54, 1.807) is 44.2 Å². The molecule has 3 rings (SSSR count). The lowest BCUT2D eigenvalue weighted by Gasteiger charge is -2.30. The van der Waals surface area contributed by atoms with Crippen LogP contribution in [-0.2, 0) is 30.6 Å². The lowest BCUT2D eigenvalue weighted by Crippen LogP contribution is -2.41. The number of hydrogen-bond donors (Lipinski definition) is 1. The molecule has 1 amide bonds. The van der Waals surface area contributed by atoms with Crippen LogP contribution in [0.4, 0.5) is 5.69 Å². The van der Waals surface area contributed by atoms with Gasteiger partial charge in [-0.3, -0.25) is 4.79 Å². The zero-order chi connectivity index (χ0) is 25.8. The summed E-state index contributed by atoms with van der Waals surface area (Å²) in [6.45, 7) is 4.78. The molecular formula is C23H29Cl2N3O5S2. The Morgan fingerprint density at radius 2 is 1.57 bits per heavy atom. The highest BCUT2D eigenvalue weighted by Crippen LogP contribution is 2.27. The minimum atomic E-state index is -3.57. The zero-order valence-electron chi connectivity index (χ0n) is 19.6. The van der Waals surface area contributed by atoms with Crippen molar-refractivity contribution in [3.8, 4) is 0 Å². The summed E-state index contributed by atoms with van der Waals surface area (Å²) in [6, 6.07) is 10.8. The van der Waals surface area contributed by atoms with Gasteiger partial charge in [0.25, 0.3) is 0 Å². The van der Waals surface area contributed by atoms with Crippen LogP contribution in [0.25, 0.3) is 0 Å². The summed E-state index contributed by atoms with van der Waals surface area (Å²) in [4.78, 5) is 12.9. The third-order valence-electron chi connectivity index (χ3n) is 6.02. The van der Waals surface area contributed by atoms with E-state index in [9.17, 15) is 21.6 Å². The molecule has 1 fully saturated rings. The number of carbonyl (C=O) groups is 1. The highest BCUT2D eigenvalue weighted by molar-refractivity contribution is 7.89. The molecular weight excluding hydrogens is 533 g/mol. The molecule has 0 radical (unpaired) electrons. The van der Waals surface area contributed by atoms with E-state index in [0.29, 0.717) is 47.2 Å². The average Bonchev–Trinajstić information content (AvgIpc) is 2.82. The third-order valence-corrected chi connectivity index (χ3v) is 10.7. The number of carbonyl (C=O) groups excluding carboxylic acids is 1. The van der Waals surface area contributed by atoms with E-state index < -0.39 is 20.0 Å². The number of amides is 1. The van der Waals surface area contributed by atoms with Crippen LogP contribution in [0.15, 0.2) is 47.4 Å². The number of rotatable bonds is 9. The van der Waals surface area contributed by atoms with E-state index in [0.717, 1.165) is 0 Å². The van der Waals surface area contributed by atoms with Crippen molar-refractivity contribution in [2.75, 3.05) is 31.5 Å². The molecule has 12 heteroatoms. The molecule has 1 aliphatic rings. The minimum absolute atomic E-state index is 0.166. The SMILES string of the molecule is CCN(CC)S(=O)(=O)c1ccc(NC(=O)C2CCN(S(=O)(=O)Cc3ccc(Cl)c(Cl)c3)CC2)cc1. The lowest BCUT2D eigenvalue weighted by molar-refractivity contribution is -0.120. The van der Waals surface area contributed by atoms with Gasteiger partial charge >= 0.3 is 0 Å². The standard InChI is InChI=1S/C23H29Cl2N3O5S2/c1-3-27(4-2)35(32,33)20-8-6-19(7-9-20)26-23(29)18-11-13-28(14-12-18)34(30,31)16-17-5-10-21(24)22(25)15-17/h5-10,15,18H,3-4,11-14,16H2,1-2H3,(H,26,29). The molecule has 192 valence electrons. The highest BCUT2D eigenvalue weighted by Gasteiger charge is 2.31. The topological polar surface area (TPSA) is 104 Å². The second kappa shape index (κ2) is 11.6. The van der Waals surface area contributed by atoms with Gasteiger partial charge in [0.15, 0.2) is 0 Å². The van der Waals surface area contributed by atoms with Crippen molar-refractivity contribution >= 4 is 54.8 Å². The first kappa shape index (κ1) is 27.9. The summed E-state index contributed by atoms with van der Waals surface area (Å²) in [5.41, 5.74) is 1.04. The second-order valence-electron chi connectivity index (χ2n) is 8.28. The zero-order valence-corrected chi connectivity index (χ0v) is 22.7. The second-order valence-corrected chi connectivity index (χ2v) is 13.0. The van der Waals surface area contributed by atoms with Gasteiger partial charge in [-0.25, -0.2) is 21.1 Å². The van der Waals surface area contributed by atoms with E-state index in [-0.39, 0.29) is 35.6 Å². The predicted molar refractivity (Wildman–Crippen MR) is 139 cm³/mol. The normalized spacial score (nSPS) is 15.9. The maximum atomic E-state index is 12.8. The van der Waals surface area contributed by atoms with E-state index in [1.165, 1.54) is 20.7 Å². The Morgan fingerprint density at radius 1 is 0.971 bits per heavy atom. The number of hydrogen-bond acceptors (Lipinski definition) is 5. The molecule has 1 N–H and O–H groups in total. The molecule has 8 nitrogen and oxygen atoms in total. The van der Waals surface area contributed by atoms with Crippen LogP contribution in [0.3, 0.4) is 0 Å². The summed E-state index contributed by atoms with van der Waals surface area (Å²) >= 11 is 11.9. The van der Waals surface area contributed by atoms with Gasteiger partial charge < -0.3 is 5.32 Å². The van der Waals surface area contributed by atoms with Gasteiger partial charge in [-0.2, -0.15) is 4.31 Å². The molecule has 1 saturated heterocycles. The largest absolute Gasteiger partial charge is 0.326 e. The maximum absolute atomic E-state index is 12.8. The monoisotopic (exact) mass is 561 g/mol. The summed E-state index contributed by atoms with van der Waals surface area (Å²) in [5.74, 6) is -0.750. The summed E-state index contributed by atoms with van der Waals surface area (Å²) in [5, 5.41) is 3.47.